The lowest BCUT2D eigenvalue weighted by Gasteiger charge is -2.05. The van der Waals surface area contributed by atoms with E-state index in [-0.39, 0.29) is 18.2 Å². The van der Waals surface area contributed by atoms with E-state index in [1.165, 1.54) is 6.21 Å². The molecule has 21 heavy (non-hydrogen) atoms. The van der Waals surface area contributed by atoms with Gasteiger partial charge in [-0.3, -0.25) is 9.59 Å². The fourth-order valence-electron chi connectivity index (χ4n) is 1.75. The monoisotopic (exact) mass is 326 g/mol. The Balaban J connectivity index is 1.92. The molecule has 0 fully saturated rings. The molecule has 2 N–H and O–H groups in total. The number of hydrogen-bond donors (Lipinski definition) is 2. The van der Waals surface area contributed by atoms with Gasteiger partial charge in [0.2, 0.25) is 11.8 Å². The molecule has 6 nitrogen and oxygen atoms in total. The average molecular weight is 327 g/mol. The number of halogens is 2. The lowest BCUT2D eigenvalue weighted by atomic mass is 10.0. The number of benzene rings is 1. The van der Waals surface area contributed by atoms with E-state index in [0.29, 0.717) is 21.3 Å². The minimum Gasteiger partial charge on any atom is -0.273 e. The number of hydrazone groups is 2. The molecule has 0 aromatic heterocycles. The second-order valence-corrected chi connectivity index (χ2v) is 5.21. The predicted molar refractivity (Wildman–Crippen MR) is 81.6 cm³/mol. The molecule has 1 atom stereocenters. The first-order chi connectivity index (χ1) is 9.99. The van der Waals surface area contributed by atoms with Gasteiger partial charge >= 0.3 is 0 Å². The highest BCUT2D eigenvalue weighted by Gasteiger charge is 2.28. The maximum Gasteiger partial charge on any atom is 0.249 e. The summed E-state index contributed by atoms with van der Waals surface area (Å²) >= 11 is 11.8. The van der Waals surface area contributed by atoms with E-state index < -0.39 is 5.92 Å². The summed E-state index contributed by atoms with van der Waals surface area (Å²) in [6, 6.07) is 5.09. The molecule has 0 radical (unpaired) electrons. The number of nitrogens with one attached hydrogen (secondary N) is 2. The Labute approximate surface area is 131 Å². The standard InChI is InChI=1S/C13H12Cl2N4O2/c1-7-9(13(21)19-17-7)5-11(20)18-16-6-8-3-2-4-10(14)12(8)15/h2-4,6,9H,5H2,1H3,(H,18,20)(H,19,21)/b16-6+. The highest BCUT2D eigenvalue weighted by atomic mass is 35.5. The van der Waals surface area contributed by atoms with Gasteiger partial charge < -0.3 is 0 Å². The molecule has 0 spiro atoms. The van der Waals surface area contributed by atoms with Gasteiger partial charge in [-0.05, 0) is 13.0 Å². The zero-order valence-electron chi connectivity index (χ0n) is 11.1. The number of hydrogen-bond acceptors (Lipinski definition) is 4. The summed E-state index contributed by atoms with van der Waals surface area (Å²) in [5.74, 6) is -1.22. The van der Waals surface area contributed by atoms with Crippen LogP contribution in [0, 0.1) is 5.92 Å². The highest BCUT2D eigenvalue weighted by Crippen LogP contribution is 2.24. The van der Waals surface area contributed by atoms with Gasteiger partial charge in [-0.1, -0.05) is 35.3 Å². The third-order valence-electron chi connectivity index (χ3n) is 2.93. The van der Waals surface area contributed by atoms with Gasteiger partial charge in [0.15, 0.2) is 0 Å². The highest BCUT2D eigenvalue weighted by molar-refractivity contribution is 6.43. The van der Waals surface area contributed by atoms with E-state index in [4.69, 9.17) is 23.2 Å². The maximum atomic E-state index is 11.7. The Morgan fingerprint density at radius 3 is 2.95 bits per heavy atom. The van der Waals surface area contributed by atoms with Crippen molar-refractivity contribution >= 4 is 46.9 Å². The molecule has 0 saturated heterocycles. The topological polar surface area (TPSA) is 82.9 Å². The lowest BCUT2D eigenvalue weighted by molar-refractivity contribution is -0.127. The Morgan fingerprint density at radius 1 is 1.52 bits per heavy atom. The largest absolute Gasteiger partial charge is 0.273 e. The normalized spacial score (nSPS) is 17.8. The third-order valence-corrected chi connectivity index (χ3v) is 3.76. The van der Waals surface area contributed by atoms with Gasteiger partial charge in [0, 0.05) is 17.7 Å². The van der Waals surface area contributed by atoms with Crippen LogP contribution in [0.1, 0.15) is 18.9 Å². The first kappa shape index (κ1) is 15.5. The Bertz CT molecular complexity index is 643. The van der Waals surface area contributed by atoms with Crippen molar-refractivity contribution in [1.29, 1.82) is 0 Å². The summed E-state index contributed by atoms with van der Waals surface area (Å²) < 4.78 is 0. The fourth-order valence-corrected chi connectivity index (χ4v) is 2.11. The molecule has 1 aromatic rings. The van der Waals surface area contributed by atoms with Crippen LogP contribution in [0.15, 0.2) is 28.4 Å². The molecular weight excluding hydrogens is 315 g/mol. The number of carbonyl (C=O) groups is 2. The van der Waals surface area contributed by atoms with Gasteiger partial charge in [0.1, 0.15) is 0 Å². The second-order valence-electron chi connectivity index (χ2n) is 4.42. The van der Waals surface area contributed by atoms with Crippen LogP contribution in [0.4, 0.5) is 0 Å². The summed E-state index contributed by atoms with van der Waals surface area (Å²) in [5.41, 5.74) is 5.82. The third kappa shape index (κ3) is 3.80. The first-order valence-electron chi connectivity index (χ1n) is 6.09. The van der Waals surface area contributed by atoms with Gasteiger partial charge in [-0.2, -0.15) is 10.2 Å². The van der Waals surface area contributed by atoms with Crippen molar-refractivity contribution < 1.29 is 9.59 Å². The van der Waals surface area contributed by atoms with Crippen molar-refractivity contribution in [2.75, 3.05) is 0 Å². The quantitative estimate of drug-likeness (QED) is 0.654. The van der Waals surface area contributed by atoms with Gasteiger partial charge in [-0.15, -0.1) is 0 Å². The van der Waals surface area contributed by atoms with Crippen molar-refractivity contribution in [3.8, 4) is 0 Å². The minimum atomic E-state index is -0.546. The minimum absolute atomic E-state index is 0.0121. The van der Waals surface area contributed by atoms with Crippen molar-refractivity contribution in [3.63, 3.8) is 0 Å². The van der Waals surface area contributed by atoms with E-state index in [0.717, 1.165) is 0 Å². The predicted octanol–water partition coefficient (Wildman–Crippen LogP) is 1.96. The molecular formula is C13H12Cl2N4O2. The van der Waals surface area contributed by atoms with Crippen molar-refractivity contribution in [1.82, 2.24) is 10.9 Å². The molecule has 0 aliphatic carbocycles. The molecule has 1 aromatic carbocycles. The smallest absolute Gasteiger partial charge is 0.249 e. The summed E-state index contributed by atoms with van der Waals surface area (Å²) in [6.07, 6.45) is 1.38. The summed E-state index contributed by atoms with van der Waals surface area (Å²) in [5, 5.41) is 8.32. The van der Waals surface area contributed by atoms with Crippen LogP contribution in [-0.4, -0.2) is 23.7 Å². The molecule has 110 valence electrons. The van der Waals surface area contributed by atoms with Gasteiger partial charge in [0.25, 0.3) is 0 Å². The number of carbonyl (C=O) groups excluding carboxylic acids is 2. The average Bonchev–Trinajstić information content (AvgIpc) is 2.75. The van der Waals surface area contributed by atoms with Crippen LogP contribution in [0.5, 0.6) is 0 Å². The fraction of sp³-hybridized carbons (Fsp3) is 0.231. The summed E-state index contributed by atoms with van der Waals surface area (Å²) in [7, 11) is 0. The second kappa shape index (κ2) is 6.69. The van der Waals surface area contributed by atoms with E-state index in [1.807, 2.05) is 0 Å². The van der Waals surface area contributed by atoms with E-state index in [9.17, 15) is 9.59 Å². The van der Waals surface area contributed by atoms with Crippen molar-refractivity contribution in [2.45, 2.75) is 13.3 Å². The number of amides is 2. The molecule has 2 rings (SSSR count). The zero-order chi connectivity index (χ0) is 15.4. The molecule has 1 unspecified atom stereocenters. The molecule has 1 aliphatic heterocycles. The van der Waals surface area contributed by atoms with Gasteiger partial charge in [0.05, 0.1) is 22.2 Å². The van der Waals surface area contributed by atoms with E-state index in [2.05, 4.69) is 21.1 Å². The molecule has 1 heterocycles. The van der Waals surface area contributed by atoms with Crippen LogP contribution >= 0.6 is 23.2 Å². The Hall–Kier alpha value is -1.92. The molecule has 0 saturated carbocycles. The molecule has 2 amide bonds. The van der Waals surface area contributed by atoms with Crippen LogP contribution in [-0.2, 0) is 9.59 Å². The van der Waals surface area contributed by atoms with Gasteiger partial charge in [-0.25, -0.2) is 10.9 Å². The molecule has 8 heteroatoms. The Morgan fingerprint density at radius 2 is 2.29 bits per heavy atom. The van der Waals surface area contributed by atoms with Crippen LogP contribution in [0.3, 0.4) is 0 Å². The number of rotatable bonds is 4. The van der Waals surface area contributed by atoms with E-state index in [1.54, 1.807) is 25.1 Å². The van der Waals surface area contributed by atoms with E-state index >= 15 is 0 Å². The first-order valence-corrected chi connectivity index (χ1v) is 6.84. The maximum absolute atomic E-state index is 11.7. The SMILES string of the molecule is CC1=NNC(=O)C1CC(=O)N/N=C/c1cccc(Cl)c1Cl. The van der Waals surface area contributed by atoms with Crippen molar-refractivity contribution in [2.24, 2.45) is 16.1 Å². The molecule has 0 bridgehead atoms. The van der Waals surface area contributed by atoms with Crippen LogP contribution in [0.2, 0.25) is 10.0 Å². The number of nitrogens with zero attached hydrogens (tertiary/aromatic N) is 2. The Kier molecular flexibility index (Phi) is 4.93. The summed E-state index contributed by atoms with van der Waals surface area (Å²) in [6.45, 7) is 1.69. The molecule has 1 aliphatic rings. The summed E-state index contributed by atoms with van der Waals surface area (Å²) in [4.78, 5) is 23.1. The lowest BCUT2D eigenvalue weighted by Crippen LogP contribution is -2.29. The zero-order valence-corrected chi connectivity index (χ0v) is 12.6. The van der Waals surface area contributed by atoms with Crippen LogP contribution in [0.25, 0.3) is 0 Å². The van der Waals surface area contributed by atoms with Crippen LogP contribution < -0.4 is 10.9 Å². The van der Waals surface area contributed by atoms with Crippen molar-refractivity contribution in [3.05, 3.63) is 33.8 Å².